The first-order valence-electron chi connectivity index (χ1n) is 27.8. The van der Waals surface area contributed by atoms with Crippen molar-refractivity contribution >= 4 is 36.4 Å². The first-order chi connectivity index (χ1) is 36.1. The zero-order valence-corrected chi connectivity index (χ0v) is 43.1. The van der Waals surface area contributed by atoms with Crippen molar-refractivity contribution in [3.8, 4) is 34.5 Å². The molecule has 14 heteroatoms. The highest BCUT2D eigenvalue weighted by Crippen LogP contribution is 2.44. The van der Waals surface area contributed by atoms with Gasteiger partial charge < -0.3 is 38.6 Å². The van der Waals surface area contributed by atoms with Crippen molar-refractivity contribution in [3.63, 3.8) is 0 Å². The zero-order chi connectivity index (χ0) is 52.1. The third-order valence-corrected chi connectivity index (χ3v) is 16.3. The van der Waals surface area contributed by atoms with Crippen molar-refractivity contribution in [1.82, 2.24) is 0 Å². The Morgan fingerprint density at radius 2 is 0.649 bits per heavy atom. The second kappa shape index (κ2) is 29.5. The quantitative estimate of drug-likeness (QED) is 0.0333. The number of ether oxygens (including phenoxy) is 6. The first-order valence-corrected chi connectivity index (χ1v) is 27.8. The molecule has 4 aliphatic rings. The third-order valence-electron chi connectivity index (χ3n) is 16.3. The van der Waals surface area contributed by atoms with Gasteiger partial charge in [0.05, 0.1) is 48.0 Å². The Hall–Kier alpha value is -5.60. The molecule has 0 unspecified atom stereocenters. The molecule has 0 saturated heterocycles. The molecule has 0 aliphatic heterocycles. The molecule has 3 aromatic rings. The van der Waals surface area contributed by atoms with Crippen LogP contribution in [0.4, 0.5) is 0 Å². The molecule has 0 radical (unpaired) electrons. The number of aldehydes is 2. The van der Waals surface area contributed by atoms with Gasteiger partial charge in [-0.25, -0.2) is 0 Å². The molecule has 4 fully saturated rings. The molecule has 74 heavy (non-hydrogen) atoms. The summed E-state index contributed by atoms with van der Waals surface area (Å²) in [6.45, 7) is 1.30. The van der Waals surface area contributed by atoms with Crippen LogP contribution >= 0.6 is 0 Å². The molecule has 4 saturated carbocycles. The lowest BCUT2D eigenvalue weighted by Gasteiger charge is -2.36. The Kier molecular flexibility index (Phi) is 22.4. The third kappa shape index (κ3) is 16.7. The largest absolute Gasteiger partial charge is 0.493 e. The Bertz CT molecular complexity index is 2100. The monoisotopic (exact) mass is 1020 g/mol. The fourth-order valence-corrected chi connectivity index (χ4v) is 11.8. The number of hydrogen-bond donors (Lipinski definition) is 2. The topological polar surface area (TPSA) is 198 Å². The minimum Gasteiger partial charge on any atom is -0.493 e. The molecular weight excluding hydrogens is 945 g/mol. The molecule has 7 rings (SSSR count). The van der Waals surface area contributed by atoms with Gasteiger partial charge in [-0.1, -0.05) is 12.8 Å². The molecule has 0 atom stereocenters. The van der Waals surface area contributed by atoms with Gasteiger partial charge in [-0.3, -0.25) is 28.8 Å². The van der Waals surface area contributed by atoms with Gasteiger partial charge in [0.15, 0.2) is 12.6 Å². The molecule has 4 aliphatic carbocycles. The van der Waals surface area contributed by atoms with E-state index in [9.17, 15) is 28.8 Å². The van der Waals surface area contributed by atoms with E-state index >= 15 is 0 Å². The molecular formula is C60H78O14. The molecule has 0 heterocycles. The summed E-state index contributed by atoms with van der Waals surface area (Å²) in [5, 5.41) is 17.9. The molecule has 0 amide bonds. The van der Waals surface area contributed by atoms with Gasteiger partial charge in [0.1, 0.15) is 34.5 Å². The normalized spacial score (nSPS) is 23.9. The highest BCUT2D eigenvalue weighted by molar-refractivity contribution is 5.83. The van der Waals surface area contributed by atoms with Crippen molar-refractivity contribution in [1.29, 1.82) is 0 Å². The molecule has 14 nitrogen and oxygen atoms in total. The van der Waals surface area contributed by atoms with E-state index in [4.69, 9.17) is 38.6 Å². The number of unbranched alkanes of at least 4 members (excludes halogenated alkanes) is 6. The summed E-state index contributed by atoms with van der Waals surface area (Å²) in [7, 11) is 0. The van der Waals surface area contributed by atoms with Gasteiger partial charge in [0.25, 0.3) is 0 Å². The molecule has 0 aromatic heterocycles. The molecule has 0 spiro atoms. The summed E-state index contributed by atoms with van der Waals surface area (Å²) in [6.07, 6.45) is 21.8. The minimum atomic E-state index is -0.272. The van der Waals surface area contributed by atoms with E-state index in [-0.39, 0.29) is 60.8 Å². The second-order valence-corrected chi connectivity index (χ2v) is 21.2. The van der Waals surface area contributed by atoms with Gasteiger partial charge in [-0.2, -0.15) is 0 Å². The summed E-state index contributed by atoms with van der Waals surface area (Å²) in [6, 6.07) is 16.5. The summed E-state index contributed by atoms with van der Waals surface area (Å²) in [4.78, 5) is 76.3. The predicted octanol–water partition coefficient (Wildman–Crippen LogP) is 11.4. The van der Waals surface area contributed by atoms with Crippen molar-refractivity contribution < 1.29 is 67.4 Å². The van der Waals surface area contributed by atoms with Crippen LogP contribution in [0.1, 0.15) is 175 Å². The smallest absolute Gasteiger partial charge is 0.314 e. The van der Waals surface area contributed by atoms with Gasteiger partial charge in [0, 0.05) is 13.2 Å². The number of aliphatic hydroxyl groups is 2. The SMILES string of the molecule is O=Cc1cc(OC(=O)C2CCC(C3CCC(C(=O)Oc4ccc(OC(=O)C5CCC(C6CCC(C(=O)Oc7ccc(OCCCCCCO)c(C=O)c7)CC6)CC5)cc4)CC3)CC2)ccc1OCCCCCCO. The van der Waals surface area contributed by atoms with Gasteiger partial charge in [-0.15, -0.1) is 0 Å². The van der Waals surface area contributed by atoms with Gasteiger partial charge >= 0.3 is 23.9 Å². The summed E-state index contributed by atoms with van der Waals surface area (Å²) >= 11 is 0. The Morgan fingerprint density at radius 3 is 0.932 bits per heavy atom. The van der Waals surface area contributed by atoms with Crippen LogP contribution in [0.25, 0.3) is 0 Å². The van der Waals surface area contributed by atoms with E-state index in [0.29, 0.717) is 95.1 Å². The van der Waals surface area contributed by atoms with Crippen molar-refractivity contribution in [2.75, 3.05) is 26.4 Å². The van der Waals surface area contributed by atoms with Crippen LogP contribution in [0.15, 0.2) is 60.7 Å². The van der Waals surface area contributed by atoms with Crippen molar-refractivity contribution in [3.05, 3.63) is 71.8 Å². The van der Waals surface area contributed by atoms with Crippen LogP contribution in [0.5, 0.6) is 34.5 Å². The number of carbonyl (C=O) groups is 6. The average molecular weight is 1020 g/mol. The summed E-state index contributed by atoms with van der Waals surface area (Å²) in [5.74, 6) is 2.64. The lowest BCUT2D eigenvalue weighted by atomic mass is 9.69. The zero-order valence-electron chi connectivity index (χ0n) is 43.1. The summed E-state index contributed by atoms with van der Waals surface area (Å²) < 4.78 is 34.6. The molecule has 0 bridgehead atoms. The van der Waals surface area contributed by atoms with Gasteiger partial charge in [0.2, 0.25) is 0 Å². The standard InChI is InChI=1S/C60H78O14/c61-33-5-1-3-7-35-69-55-31-29-53(37-49(55)39-63)73-59(67)47-21-13-43(14-22-47)41-9-17-45(18-10-41)57(65)71-51-25-27-52(28-26-51)72-58(66)46-19-11-42(12-20-46)44-15-23-48(24-16-44)60(68)74-54-30-32-56(50(38-54)40-64)70-36-8-4-2-6-34-62/h25-32,37-48,61-62H,1-24,33-36H2. The maximum absolute atomic E-state index is 13.2. The van der Waals surface area contributed by atoms with E-state index in [1.54, 1.807) is 60.7 Å². The number of aliphatic hydroxyl groups excluding tert-OH is 2. The fourth-order valence-electron chi connectivity index (χ4n) is 11.8. The lowest BCUT2D eigenvalue weighted by Crippen LogP contribution is -2.32. The maximum atomic E-state index is 13.2. The van der Waals surface area contributed by atoms with Crippen LogP contribution in [0, 0.1) is 47.3 Å². The minimum absolute atomic E-state index is 0.181. The first kappa shape index (κ1) is 56.1. The van der Waals surface area contributed by atoms with Crippen LogP contribution in [0.2, 0.25) is 0 Å². The summed E-state index contributed by atoms with van der Waals surface area (Å²) in [5.41, 5.74) is 0.684. The van der Waals surface area contributed by atoms with Crippen LogP contribution in [-0.4, -0.2) is 73.1 Å². The van der Waals surface area contributed by atoms with Crippen molar-refractivity contribution in [2.24, 2.45) is 47.3 Å². The number of benzene rings is 3. The number of hydrogen-bond acceptors (Lipinski definition) is 14. The fraction of sp³-hybridized carbons (Fsp3) is 0.600. The average Bonchev–Trinajstić information content (AvgIpc) is 3.44. The predicted molar refractivity (Wildman–Crippen MR) is 277 cm³/mol. The maximum Gasteiger partial charge on any atom is 0.314 e. The Morgan fingerprint density at radius 1 is 0.378 bits per heavy atom. The van der Waals surface area contributed by atoms with E-state index in [2.05, 4.69) is 0 Å². The lowest BCUT2D eigenvalue weighted by molar-refractivity contribution is -0.142. The number of carbonyl (C=O) groups excluding carboxylic acids is 6. The number of rotatable bonds is 26. The van der Waals surface area contributed by atoms with E-state index in [1.807, 2.05) is 0 Å². The van der Waals surface area contributed by atoms with Crippen LogP contribution in [-0.2, 0) is 19.2 Å². The highest BCUT2D eigenvalue weighted by atomic mass is 16.6. The second-order valence-electron chi connectivity index (χ2n) is 21.2. The Balaban J connectivity index is 0.746. The molecule has 2 N–H and O–H groups in total. The number of esters is 4. The van der Waals surface area contributed by atoms with Crippen LogP contribution in [0.3, 0.4) is 0 Å². The van der Waals surface area contributed by atoms with E-state index in [0.717, 1.165) is 154 Å². The molecule has 3 aromatic carbocycles. The highest BCUT2D eigenvalue weighted by Gasteiger charge is 2.37. The Labute approximate surface area is 436 Å². The van der Waals surface area contributed by atoms with E-state index in [1.165, 1.54) is 0 Å². The molecule has 402 valence electrons. The van der Waals surface area contributed by atoms with Gasteiger partial charge in [-0.05, 0) is 226 Å². The van der Waals surface area contributed by atoms with Crippen LogP contribution < -0.4 is 28.4 Å². The van der Waals surface area contributed by atoms with E-state index < -0.39 is 0 Å². The van der Waals surface area contributed by atoms with Crippen molar-refractivity contribution in [2.45, 2.75) is 154 Å².